The van der Waals surface area contributed by atoms with Crippen molar-refractivity contribution < 1.29 is 30.2 Å². The molecule has 0 aliphatic heterocycles. The molecule has 0 aromatic carbocycles. The van der Waals surface area contributed by atoms with Crippen molar-refractivity contribution in [3.05, 3.63) is 0 Å². The van der Waals surface area contributed by atoms with Crippen molar-refractivity contribution in [3.8, 4) is 0 Å². The van der Waals surface area contributed by atoms with Crippen LogP contribution in [0.2, 0.25) is 0 Å². The van der Waals surface area contributed by atoms with E-state index in [9.17, 15) is 26.0 Å². The van der Waals surface area contributed by atoms with Gasteiger partial charge in [0.25, 0.3) is 0 Å². The van der Waals surface area contributed by atoms with Crippen LogP contribution in [0.5, 0.6) is 0 Å². The van der Waals surface area contributed by atoms with Gasteiger partial charge in [-0.25, -0.2) is 4.39 Å². The third kappa shape index (κ3) is 2.94. The molecule has 0 fully saturated rings. The van der Waals surface area contributed by atoms with Crippen molar-refractivity contribution in [1.29, 1.82) is 0 Å². The largest absolute Gasteiger partial charge is 0.436 e. The summed E-state index contributed by atoms with van der Waals surface area (Å²) in [7, 11) is -5.16. The van der Waals surface area contributed by atoms with Gasteiger partial charge in [-0.3, -0.25) is 4.18 Å². The molecule has 0 aliphatic rings. The van der Waals surface area contributed by atoms with Crippen LogP contribution in [0.3, 0.4) is 0 Å². The van der Waals surface area contributed by atoms with Crippen LogP contribution in [0.4, 0.5) is 17.6 Å². The average molecular weight is 210 g/mol. The second-order valence-corrected chi connectivity index (χ2v) is 3.39. The normalized spacial score (nSPS) is 16.1. The van der Waals surface area contributed by atoms with E-state index in [1.807, 2.05) is 0 Å². The van der Waals surface area contributed by atoms with Crippen molar-refractivity contribution >= 4 is 10.1 Å². The van der Waals surface area contributed by atoms with Crippen molar-refractivity contribution in [2.24, 2.45) is 0 Å². The van der Waals surface area contributed by atoms with Gasteiger partial charge < -0.3 is 0 Å². The first-order valence-electron chi connectivity index (χ1n) is 2.81. The molecule has 1 unspecified atom stereocenters. The van der Waals surface area contributed by atoms with E-state index in [0.29, 0.717) is 0 Å². The van der Waals surface area contributed by atoms with Crippen LogP contribution in [0.25, 0.3) is 0 Å². The molecular formula is C4H6F4O3S. The van der Waals surface area contributed by atoms with Crippen LogP contribution in [-0.2, 0) is 14.3 Å². The topological polar surface area (TPSA) is 43.4 Å². The lowest BCUT2D eigenvalue weighted by atomic mass is 10.7. The minimum Gasteiger partial charge on any atom is -0.268 e. The summed E-state index contributed by atoms with van der Waals surface area (Å²) in [6.07, 6.45) is -5.44. The Balaban J connectivity index is 4.59. The molecule has 8 heteroatoms. The Kier molecular flexibility index (Phi) is 3.45. The zero-order chi connectivity index (χ0) is 9.99. The van der Waals surface area contributed by atoms with Crippen molar-refractivity contribution in [1.82, 2.24) is 0 Å². The maximum absolute atomic E-state index is 12.0. The van der Waals surface area contributed by atoms with E-state index in [2.05, 4.69) is 4.18 Å². The molecule has 0 aromatic heterocycles. The molecule has 74 valence electrons. The first-order chi connectivity index (χ1) is 5.22. The van der Waals surface area contributed by atoms with Gasteiger partial charge in [0, 0.05) is 0 Å². The summed E-state index contributed by atoms with van der Waals surface area (Å²) in [5.74, 6) is 0. The summed E-state index contributed by atoms with van der Waals surface area (Å²) in [6, 6.07) is 0. The van der Waals surface area contributed by atoms with Gasteiger partial charge >= 0.3 is 21.8 Å². The minimum absolute atomic E-state index is 0.529. The molecule has 0 saturated heterocycles. The summed E-state index contributed by atoms with van der Waals surface area (Å²) in [5, 5.41) is 0. The van der Waals surface area contributed by atoms with E-state index in [0.717, 1.165) is 6.92 Å². The lowest BCUT2D eigenvalue weighted by Crippen LogP contribution is -2.33. The van der Waals surface area contributed by atoms with Crippen molar-refractivity contribution in [3.63, 3.8) is 0 Å². The third-order valence-electron chi connectivity index (χ3n) is 0.793. The smallest absolute Gasteiger partial charge is 0.268 e. The second-order valence-electron chi connectivity index (χ2n) is 1.76. The average Bonchev–Trinajstić information content (AvgIpc) is 1.84. The van der Waals surface area contributed by atoms with E-state index in [1.54, 1.807) is 0 Å². The fraction of sp³-hybridized carbons (Fsp3) is 1.00. The molecule has 3 nitrogen and oxygen atoms in total. The molecule has 12 heavy (non-hydrogen) atoms. The first-order valence-corrected chi connectivity index (χ1v) is 4.28. The molecule has 0 radical (unpaired) electrons. The van der Waals surface area contributed by atoms with E-state index >= 15 is 0 Å². The van der Waals surface area contributed by atoms with Gasteiger partial charge in [0.2, 0.25) is 0 Å². The lowest BCUT2D eigenvalue weighted by Gasteiger charge is -2.11. The molecule has 0 heterocycles. The van der Waals surface area contributed by atoms with Crippen molar-refractivity contribution in [2.75, 3.05) is 6.61 Å². The zero-order valence-corrected chi connectivity index (χ0v) is 6.75. The third-order valence-corrected chi connectivity index (χ3v) is 2.13. The number of halogens is 4. The number of rotatable bonds is 3. The van der Waals surface area contributed by atoms with E-state index in [-0.39, 0.29) is 0 Å². The Labute approximate surface area is 66.4 Å². The number of hydrogen-bond donors (Lipinski definition) is 0. The molecule has 0 N–H and O–H groups in total. The fourth-order valence-corrected chi connectivity index (χ4v) is 1.16. The summed E-state index contributed by atoms with van der Waals surface area (Å²) < 4.78 is 70.5. The molecule has 0 rings (SSSR count). The van der Waals surface area contributed by atoms with E-state index < -0.39 is 28.4 Å². The zero-order valence-electron chi connectivity index (χ0n) is 5.93. The van der Waals surface area contributed by atoms with Crippen LogP contribution in [0, 0.1) is 0 Å². The molecule has 0 saturated carbocycles. The monoisotopic (exact) mass is 210 g/mol. The van der Waals surface area contributed by atoms with Crippen LogP contribution in [0.15, 0.2) is 0 Å². The van der Waals surface area contributed by atoms with Gasteiger partial charge in [0.1, 0.15) is 0 Å². The highest BCUT2D eigenvalue weighted by molar-refractivity contribution is 7.87. The minimum atomic E-state index is -5.44. The van der Waals surface area contributed by atoms with Gasteiger partial charge in [0.15, 0.2) is 0 Å². The van der Waals surface area contributed by atoms with Crippen LogP contribution >= 0.6 is 0 Å². The van der Waals surface area contributed by atoms with E-state index in [1.165, 1.54) is 0 Å². The highest BCUT2D eigenvalue weighted by Gasteiger charge is 2.50. The highest BCUT2D eigenvalue weighted by Crippen LogP contribution is 2.27. The van der Waals surface area contributed by atoms with Gasteiger partial charge in [-0.15, -0.1) is 0 Å². The Morgan fingerprint density at radius 2 is 1.83 bits per heavy atom. The predicted octanol–water partition coefficient (Wildman–Crippen LogP) is 1.21. The first kappa shape index (κ1) is 11.6. The van der Waals surface area contributed by atoms with Gasteiger partial charge in [-0.2, -0.15) is 21.6 Å². The standard InChI is InChI=1S/C4H6F4O3S/c1-2-11-12(9,10)3(5)4(6,7)8/h3H,2H2,1H3. The summed E-state index contributed by atoms with van der Waals surface area (Å²) in [5.41, 5.74) is -3.97. The van der Waals surface area contributed by atoms with Crippen LogP contribution < -0.4 is 0 Å². The molecular weight excluding hydrogens is 204 g/mol. The molecule has 0 spiro atoms. The van der Waals surface area contributed by atoms with Gasteiger partial charge in [-0.05, 0) is 6.92 Å². The number of hydrogen-bond acceptors (Lipinski definition) is 3. The second kappa shape index (κ2) is 3.56. The van der Waals surface area contributed by atoms with E-state index in [4.69, 9.17) is 0 Å². The quantitative estimate of drug-likeness (QED) is 0.519. The number of alkyl halides is 4. The Bertz CT molecular complexity index is 231. The maximum atomic E-state index is 12.0. The Morgan fingerprint density at radius 3 is 2.08 bits per heavy atom. The van der Waals surface area contributed by atoms with Crippen molar-refractivity contribution in [2.45, 2.75) is 18.6 Å². The maximum Gasteiger partial charge on any atom is 0.436 e. The summed E-state index contributed by atoms with van der Waals surface area (Å²) in [4.78, 5) is 0. The van der Waals surface area contributed by atoms with Gasteiger partial charge in [0.05, 0.1) is 6.61 Å². The Morgan fingerprint density at radius 1 is 1.42 bits per heavy atom. The molecule has 0 bridgehead atoms. The lowest BCUT2D eigenvalue weighted by molar-refractivity contribution is -0.158. The predicted molar refractivity (Wildman–Crippen MR) is 31.5 cm³/mol. The molecule has 0 aliphatic carbocycles. The van der Waals surface area contributed by atoms with Gasteiger partial charge in [-0.1, -0.05) is 0 Å². The fourth-order valence-electron chi connectivity index (χ4n) is 0.388. The molecule has 1 atom stereocenters. The van der Waals surface area contributed by atoms with Crippen LogP contribution in [-0.4, -0.2) is 26.7 Å². The Hall–Kier alpha value is -0.370. The molecule has 0 aromatic rings. The summed E-state index contributed by atoms with van der Waals surface area (Å²) in [6.45, 7) is 0.611. The van der Waals surface area contributed by atoms with Crippen LogP contribution in [0.1, 0.15) is 6.92 Å². The highest BCUT2D eigenvalue weighted by atomic mass is 32.2. The molecule has 0 amide bonds. The summed E-state index contributed by atoms with van der Waals surface area (Å²) >= 11 is 0. The SMILES string of the molecule is CCOS(=O)(=O)C(F)C(F)(F)F.